The van der Waals surface area contributed by atoms with E-state index in [0.29, 0.717) is 30.5 Å². The fourth-order valence-corrected chi connectivity index (χ4v) is 1.70. The predicted octanol–water partition coefficient (Wildman–Crippen LogP) is 2.83. The molecule has 102 valence electrons. The first-order valence-corrected chi connectivity index (χ1v) is 6.42. The molecule has 0 aliphatic rings. The van der Waals surface area contributed by atoms with Gasteiger partial charge in [0.2, 0.25) is 5.89 Å². The number of nitrogens with two attached hydrogens (primary N) is 1. The summed E-state index contributed by atoms with van der Waals surface area (Å²) in [5.41, 5.74) is 7.38. The van der Waals surface area contributed by atoms with Gasteiger partial charge in [-0.05, 0) is 19.1 Å². The van der Waals surface area contributed by atoms with Crippen LogP contribution >= 0.6 is 0 Å². The monoisotopic (exact) mass is 261 g/mol. The first kappa shape index (κ1) is 13.3. The Morgan fingerprint density at radius 1 is 1.37 bits per heavy atom. The summed E-state index contributed by atoms with van der Waals surface area (Å²) >= 11 is 0. The summed E-state index contributed by atoms with van der Waals surface area (Å²) in [6.45, 7) is 5.09. The number of hydrogen-bond acceptors (Lipinski definition) is 5. The second-order valence-electron chi connectivity index (χ2n) is 4.11. The minimum atomic E-state index is 0.537. The molecule has 0 atom stereocenters. The number of oxazole rings is 1. The van der Waals surface area contributed by atoms with Gasteiger partial charge in [0.25, 0.3) is 0 Å². The average Bonchev–Trinajstić information content (AvgIpc) is 2.88. The maximum Gasteiger partial charge on any atom is 0.213 e. The molecule has 0 bridgehead atoms. The van der Waals surface area contributed by atoms with E-state index in [1.54, 1.807) is 6.20 Å². The molecule has 1 aromatic heterocycles. The molecule has 2 rings (SSSR count). The highest BCUT2D eigenvalue weighted by molar-refractivity contribution is 5.61. The van der Waals surface area contributed by atoms with Crippen LogP contribution in [0.1, 0.15) is 25.5 Å². The lowest BCUT2D eigenvalue weighted by atomic mass is 10.2. The average molecular weight is 261 g/mol. The van der Waals surface area contributed by atoms with Crippen LogP contribution in [0.25, 0.3) is 0 Å². The molecule has 2 aromatic rings. The minimum Gasteiger partial charge on any atom is -0.492 e. The molecular formula is C14H19N3O2. The standard InChI is InChI=1S/C14H19N3O2/c1-3-11-8-17-14(19-11)9-16-10-5-6-12(15)13(7-10)18-4-2/h5-8,16H,3-4,9,15H2,1-2H3. The van der Waals surface area contributed by atoms with Crippen molar-refractivity contribution in [1.29, 1.82) is 0 Å². The number of ether oxygens (including phenoxy) is 1. The zero-order valence-electron chi connectivity index (χ0n) is 11.3. The van der Waals surface area contributed by atoms with E-state index >= 15 is 0 Å². The van der Waals surface area contributed by atoms with Gasteiger partial charge in [-0.3, -0.25) is 0 Å². The number of benzene rings is 1. The molecule has 0 unspecified atom stereocenters. The van der Waals surface area contributed by atoms with Gasteiger partial charge in [0, 0.05) is 18.2 Å². The molecule has 1 aromatic carbocycles. The molecular weight excluding hydrogens is 242 g/mol. The zero-order valence-corrected chi connectivity index (χ0v) is 11.3. The smallest absolute Gasteiger partial charge is 0.213 e. The second-order valence-corrected chi connectivity index (χ2v) is 4.11. The van der Waals surface area contributed by atoms with Crippen molar-refractivity contribution in [2.45, 2.75) is 26.8 Å². The first-order chi connectivity index (χ1) is 9.22. The Morgan fingerprint density at radius 3 is 2.89 bits per heavy atom. The number of anilines is 2. The summed E-state index contributed by atoms with van der Waals surface area (Å²) in [6.07, 6.45) is 2.61. The fraction of sp³-hybridized carbons (Fsp3) is 0.357. The first-order valence-electron chi connectivity index (χ1n) is 6.42. The lowest BCUT2D eigenvalue weighted by Gasteiger charge is -2.10. The van der Waals surface area contributed by atoms with Gasteiger partial charge in [0.05, 0.1) is 25.0 Å². The second kappa shape index (κ2) is 6.13. The maximum absolute atomic E-state index is 5.82. The van der Waals surface area contributed by atoms with Crippen molar-refractivity contribution in [3.63, 3.8) is 0 Å². The Hall–Kier alpha value is -2.17. The van der Waals surface area contributed by atoms with Gasteiger partial charge in [0.15, 0.2) is 0 Å². The summed E-state index contributed by atoms with van der Waals surface area (Å²) in [4.78, 5) is 4.19. The Morgan fingerprint density at radius 2 is 2.21 bits per heavy atom. The van der Waals surface area contributed by atoms with E-state index in [4.69, 9.17) is 14.9 Å². The van der Waals surface area contributed by atoms with Crippen molar-refractivity contribution in [1.82, 2.24) is 4.98 Å². The Balaban J connectivity index is 2.00. The highest BCUT2D eigenvalue weighted by atomic mass is 16.5. The van der Waals surface area contributed by atoms with E-state index in [1.807, 2.05) is 32.0 Å². The largest absolute Gasteiger partial charge is 0.492 e. The maximum atomic E-state index is 5.82. The van der Waals surface area contributed by atoms with Gasteiger partial charge < -0.3 is 20.2 Å². The molecule has 1 heterocycles. The lowest BCUT2D eigenvalue weighted by Crippen LogP contribution is -2.02. The van der Waals surface area contributed by atoms with Gasteiger partial charge in [-0.15, -0.1) is 0 Å². The molecule has 0 saturated heterocycles. The summed E-state index contributed by atoms with van der Waals surface area (Å²) < 4.78 is 11.0. The summed E-state index contributed by atoms with van der Waals surface area (Å²) in [5.74, 6) is 2.25. The molecule has 19 heavy (non-hydrogen) atoms. The Kier molecular flexibility index (Phi) is 4.28. The van der Waals surface area contributed by atoms with Gasteiger partial charge in [-0.25, -0.2) is 4.98 Å². The van der Waals surface area contributed by atoms with Crippen LogP contribution in [0.4, 0.5) is 11.4 Å². The van der Waals surface area contributed by atoms with Crippen LogP contribution in [-0.2, 0) is 13.0 Å². The molecule has 5 heteroatoms. The number of nitrogen functional groups attached to an aromatic ring is 1. The quantitative estimate of drug-likeness (QED) is 0.782. The van der Waals surface area contributed by atoms with E-state index in [0.717, 1.165) is 17.9 Å². The summed E-state index contributed by atoms with van der Waals surface area (Å²) in [7, 11) is 0. The van der Waals surface area contributed by atoms with Crippen LogP contribution in [0.3, 0.4) is 0 Å². The minimum absolute atomic E-state index is 0.537. The highest BCUT2D eigenvalue weighted by Gasteiger charge is 2.04. The van der Waals surface area contributed by atoms with Crippen LogP contribution in [0, 0.1) is 0 Å². The van der Waals surface area contributed by atoms with Crippen LogP contribution in [-0.4, -0.2) is 11.6 Å². The normalized spacial score (nSPS) is 10.4. The number of aryl methyl sites for hydroxylation is 1. The van der Waals surface area contributed by atoms with E-state index in [2.05, 4.69) is 10.3 Å². The fourth-order valence-electron chi connectivity index (χ4n) is 1.70. The summed E-state index contributed by atoms with van der Waals surface area (Å²) in [6, 6.07) is 5.60. The summed E-state index contributed by atoms with van der Waals surface area (Å²) in [5, 5.41) is 3.23. The SMILES string of the molecule is CCOc1cc(NCc2ncc(CC)o2)ccc1N. The van der Waals surface area contributed by atoms with Gasteiger partial charge >= 0.3 is 0 Å². The molecule has 0 spiro atoms. The molecule has 5 nitrogen and oxygen atoms in total. The molecule has 0 saturated carbocycles. The van der Waals surface area contributed by atoms with Crippen LogP contribution < -0.4 is 15.8 Å². The number of nitrogens with one attached hydrogen (secondary N) is 1. The van der Waals surface area contributed by atoms with Crippen LogP contribution in [0.15, 0.2) is 28.8 Å². The lowest BCUT2D eigenvalue weighted by molar-refractivity contribution is 0.342. The third kappa shape index (κ3) is 3.40. The predicted molar refractivity (Wildman–Crippen MR) is 75.2 cm³/mol. The topological polar surface area (TPSA) is 73.3 Å². The molecule has 0 amide bonds. The van der Waals surface area contributed by atoms with Crippen LogP contribution in [0.2, 0.25) is 0 Å². The van der Waals surface area contributed by atoms with Gasteiger partial charge in [0.1, 0.15) is 11.5 Å². The van der Waals surface area contributed by atoms with Gasteiger partial charge in [-0.2, -0.15) is 0 Å². The number of aromatic nitrogens is 1. The van der Waals surface area contributed by atoms with Crippen molar-refractivity contribution in [3.8, 4) is 5.75 Å². The van der Waals surface area contributed by atoms with Crippen molar-refractivity contribution in [3.05, 3.63) is 36.0 Å². The Bertz CT molecular complexity index is 537. The molecule has 3 N–H and O–H groups in total. The third-order valence-corrected chi connectivity index (χ3v) is 2.71. The highest BCUT2D eigenvalue weighted by Crippen LogP contribution is 2.25. The van der Waals surface area contributed by atoms with Crippen LogP contribution in [0.5, 0.6) is 5.75 Å². The zero-order chi connectivity index (χ0) is 13.7. The van der Waals surface area contributed by atoms with Crippen molar-refractivity contribution in [2.24, 2.45) is 0 Å². The number of rotatable bonds is 6. The number of nitrogens with zero attached hydrogens (tertiary/aromatic N) is 1. The molecule has 0 radical (unpaired) electrons. The molecule has 0 fully saturated rings. The van der Waals surface area contributed by atoms with E-state index in [-0.39, 0.29) is 0 Å². The van der Waals surface area contributed by atoms with E-state index in [1.165, 1.54) is 0 Å². The third-order valence-electron chi connectivity index (χ3n) is 2.71. The Labute approximate surface area is 112 Å². The van der Waals surface area contributed by atoms with E-state index < -0.39 is 0 Å². The van der Waals surface area contributed by atoms with Crippen molar-refractivity contribution in [2.75, 3.05) is 17.7 Å². The van der Waals surface area contributed by atoms with E-state index in [9.17, 15) is 0 Å². The molecule has 0 aliphatic heterocycles. The van der Waals surface area contributed by atoms with Crippen molar-refractivity contribution < 1.29 is 9.15 Å². The molecule has 0 aliphatic carbocycles. The van der Waals surface area contributed by atoms with Gasteiger partial charge in [-0.1, -0.05) is 6.92 Å². The van der Waals surface area contributed by atoms with Crippen molar-refractivity contribution >= 4 is 11.4 Å². The number of hydrogen-bond donors (Lipinski definition) is 2.